The molecule has 0 aliphatic heterocycles. The fraction of sp³-hybridized carbons (Fsp3) is 0.765. The number of carbonyl (C=O) groups is 1. The third kappa shape index (κ3) is 2.45. The number of aryl methyl sites for hydroxylation is 1. The molecule has 3 rings (SSSR count). The molecule has 2 aliphatic carbocycles. The Morgan fingerprint density at radius 3 is 2.77 bits per heavy atom. The Hall–Kier alpha value is -1.36. The second kappa shape index (κ2) is 6.03. The minimum atomic E-state index is 0.00972. The van der Waals surface area contributed by atoms with Crippen molar-refractivity contribution in [3.05, 3.63) is 17.5 Å². The van der Waals surface area contributed by atoms with Crippen LogP contribution in [0, 0.1) is 12.3 Å². The van der Waals surface area contributed by atoms with Gasteiger partial charge in [0, 0.05) is 30.8 Å². The summed E-state index contributed by atoms with van der Waals surface area (Å²) < 4.78 is 7.69. The van der Waals surface area contributed by atoms with E-state index in [1.54, 1.807) is 10.9 Å². The Bertz CT molecular complexity index is 546. The van der Waals surface area contributed by atoms with Gasteiger partial charge in [-0.05, 0) is 33.1 Å². The maximum Gasteiger partial charge on any atom is 0.254 e. The van der Waals surface area contributed by atoms with E-state index in [1.165, 1.54) is 32.1 Å². The fourth-order valence-electron chi connectivity index (χ4n) is 4.22. The number of nitrogens with one attached hydrogen (secondary N) is 1. The van der Waals surface area contributed by atoms with Gasteiger partial charge >= 0.3 is 0 Å². The average molecular weight is 305 g/mol. The highest BCUT2D eigenvalue weighted by Gasteiger charge is 2.56. The molecule has 2 atom stereocenters. The number of aromatic nitrogens is 2. The molecule has 5 heteroatoms. The predicted molar refractivity (Wildman–Crippen MR) is 84.7 cm³/mol. The van der Waals surface area contributed by atoms with Crippen LogP contribution in [0.3, 0.4) is 0 Å². The van der Waals surface area contributed by atoms with E-state index in [0.29, 0.717) is 11.7 Å². The normalized spacial score (nSPS) is 26.7. The summed E-state index contributed by atoms with van der Waals surface area (Å²) in [6.45, 7) is 4.75. The third-order valence-electron chi connectivity index (χ3n) is 5.72. The highest BCUT2D eigenvalue weighted by molar-refractivity contribution is 5.95. The zero-order chi connectivity index (χ0) is 15.7. The molecule has 1 aromatic heterocycles. The molecule has 0 aromatic carbocycles. The van der Waals surface area contributed by atoms with E-state index in [-0.39, 0.29) is 17.4 Å². The van der Waals surface area contributed by atoms with Gasteiger partial charge in [0.05, 0.1) is 17.9 Å². The zero-order valence-corrected chi connectivity index (χ0v) is 13.9. The minimum absolute atomic E-state index is 0.00972. The second-order valence-electron chi connectivity index (χ2n) is 6.77. The molecule has 0 unspecified atom stereocenters. The molecule has 0 saturated heterocycles. The second-order valence-corrected chi connectivity index (χ2v) is 6.77. The average Bonchev–Trinajstić information content (AvgIpc) is 2.87. The van der Waals surface area contributed by atoms with Crippen LogP contribution in [0.1, 0.15) is 61.5 Å². The molecule has 2 aliphatic rings. The zero-order valence-electron chi connectivity index (χ0n) is 13.9. The van der Waals surface area contributed by atoms with Gasteiger partial charge in [0.15, 0.2) is 0 Å². The predicted octanol–water partition coefficient (Wildman–Crippen LogP) is 2.59. The lowest BCUT2D eigenvalue weighted by molar-refractivity contribution is -0.146. The number of hydrogen-bond donors (Lipinski definition) is 1. The molecule has 1 aromatic rings. The van der Waals surface area contributed by atoms with Crippen molar-refractivity contribution in [3.8, 4) is 0 Å². The summed E-state index contributed by atoms with van der Waals surface area (Å²) in [7, 11) is 1.86. The van der Waals surface area contributed by atoms with Gasteiger partial charge in [0.2, 0.25) is 0 Å². The molecule has 22 heavy (non-hydrogen) atoms. The lowest BCUT2D eigenvalue weighted by Gasteiger charge is -2.57. The van der Waals surface area contributed by atoms with Crippen molar-refractivity contribution in [3.63, 3.8) is 0 Å². The first-order chi connectivity index (χ1) is 10.6. The molecule has 5 nitrogen and oxygen atoms in total. The van der Waals surface area contributed by atoms with Gasteiger partial charge < -0.3 is 10.1 Å². The van der Waals surface area contributed by atoms with Crippen molar-refractivity contribution >= 4 is 5.91 Å². The summed E-state index contributed by atoms with van der Waals surface area (Å²) in [6, 6.07) is 0.247. The number of ether oxygens (including phenoxy) is 1. The van der Waals surface area contributed by atoms with Gasteiger partial charge in [0.25, 0.3) is 5.91 Å². The lowest BCUT2D eigenvalue weighted by Crippen LogP contribution is -2.65. The molecule has 1 amide bonds. The maximum absolute atomic E-state index is 12.6. The summed E-state index contributed by atoms with van der Waals surface area (Å²) in [5.74, 6) is 0.00972. The van der Waals surface area contributed by atoms with Crippen molar-refractivity contribution in [2.24, 2.45) is 12.5 Å². The summed E-state index contributed by atoms with van der Waals surface area (Å²) in [4.78, 5) is 12.6. The van der Waals surface area contributed by atoms with Crippen molar-refractivity contribution < 1.29 is 9.53 Å². The van der Waals surface area contributed by atoms with Crippen LogP contribution >= 0.6 is 0 Å². The molecule has 2 saturated carbocycles. The summed E-state index contributed by atoms with van der Waals surface area (Å²) in [5.41, 5.74) is 1.77. The monoisotopic (exact) mass is 305 g/mol. The Balaban J connectivity index is 1.72. The van der Waals surface area contributed by atoms with Crippen LogP contribution in [0.25, 0.3) is 0 Å². The highest BCUT2D eigenvalue weighted by atomic mass is 16.5. The van der Waals surface area contributed by atoms with E-state index in [9.17, 15) is 4.79 Å². The molecule has 0 bridgehead atoms. The lowest BCUT2D eigenvalue weighted by atomic mass is 9.55. The number of nitrogens with zero attached hydrogens (tertiary/aromatic N) is 2. The van der Waals surface area contributed by atoms with Gasteiger partial charge in [-0.3, -0.25) is 9.48 Å². The first-order valence-corrected chi connectivity index (χ1v) is 8.49. The largest absolute Gasteiger partial charge is 0.378 e. The molecule has 1 spiro atoms. The first kappa shape index (κ1) is 15.5. The first-order valence-electron chi connectivity index (χ1n) is 8.49. The van der Waals surface area contributed by atoms with Crippen molar-refractivity contribution in [1.29, 1.82) is 0 Å². The smallest absolute Gasteiger partial charge is 0.254 e. The Kier molecular flexibility index (Phi) is 4.26. The fourth-order valence-corrected chi connectivity index (χ4v) is 4.22. The SMILES string of the molecule is CCO[C@H]1C[C@@H](NC(=O)c2cnn(C)c2C)C12CCCCC2. The molecule has 0 radical (unpaired) electrons. The molecule has 2 fully saturated rings. The van der Waals surface area contributed by atoms with E-state index in [2.05, 4.69) is 17.3 Å². The van der Waals surface area contributed by atoms with Crippen LogP contribution in [-0.2, 0) is 11.8 Å². The van der Waals surface area contributed by atoms with Crippen LogP contribution in [-0.4, -0.2) is 34.4 Å². The molecular weight excluding hydrogens is 278 g/mol. The van der Waals surface area contributed by atoms with Crippen LogP contribution < -0.4 is 5.32 Å². The number of carbonyl (C=O) groups excluding carboxylic acids is 1. The van der Waals surface area contributed by atoms with Gasteiger partial charge in [-0.15, -0.1) is 0 Å². The van der Waals surface area contributed by atoms with Gasteiger partial charge in [-0.1, -0.05) is 19.3 Å². The molecular formula is C17H27N3O2. The van der Waals surface area contributed by atoms with Crippen molar-refractivity contribution in [2.45, 2.75) is 64.5 Å². The van der Waals surface area contributed by atoms with Crippen LogP contribution in [0.5, 0.6) is 0 Å². The van der Waals surface area contributed by atoms with E-state index in [0.717, 1.165) is 18.7 Å². The van der Waals surface area contributed by atoms with Crippen molar-refractivity contribution in [1.82, 2.24) is 15.1 Å². The maximum atomic E-state index is 12.6. The highest BCUT2D eigenvalue weighted by Crippen LogP contribution is 2.53. The number of rotatable bonds is 4. The quantitative estimate of drug-likeness (QED) is 0.930. The van der Waals surface area contributed by atoms with Gasteiger partial charge in [0.1, 0.15) is 0 Å². The summed E-state index contributed by atoms with van der Waals surface area (Å²) in [6.07, 6.45) is 9.09. The Morgan fingerprint density at radius 1 is 1.45 bits per heavy atom. The standard InChI is InChI=1S/C17H27N3O2/c1-4-22-15-10-14(17(15)8-6-5-7-9-17)19-16(21)13-11-18-20(3)12(13)2/h11,14-15H,4-10H2,1-3H3,(H,19,21)/t14-,15+/m1/s1. The summed E-state index contributed by atoms with van der Waals surface area (Å²) >= 11 is 0. The number of amides is 1. The molecule has 122 valence electrons. The minimum Gasteiger partial charge on any atom is -0.378 e. The van der Waals surface area contributed by atoms with E-state index in [4.69, 9.17) is 4.74 Å². The van der Waals surface area contributed by atoms with E-state index in [1.807, 2.05) is 14.0 Å². The van der Waals surface area contributed by atoms with Crippen LogP contribution in [0.4, 0.5) is 0 Å². The van der Waals surface area contributed by atoms with Crippen LogP contribution in [0.15, 0.2) is 6.20 Å². The topological polar surface area (TPSA) is 56.1 Å². The summed E-state index contributed by atoms with van der Waals surface area (Å²) in [5, 5.41) is 7.43. The number of hydrogen-bond acceptors (Lipinski definition) is 3. The van der Waals surface area contributed by atoms with Gasteiger partial charge in [-0.2, -0.15) is 5.10 Å². The van der Waals surface area contributed by atoms with Crippen LogP contribution in [0.2, 0.25) is 0 Å². The van der Waals surface area contributed by atoms with Gasteiger partial charge in [-0.25, -0.2) is 0 Å². The third-order valence-corrected chi connectivity index (χ3v) is 5.72. The van der Waals surface area contributed by atoms with E-state index >= 15 is 0 Å². The molecule has 1 N–H and O–H groups in total. The Labute approximate surface area is 132 Å². The molecule has 1 heterocycles. The van der Waals surface area contributed by atoms with Crippen molar-refractivity contribution in [2.75, 3.05) is 6.61 Å². The van der Waals surface area contributed by atoms with E-state index < -0.39 is 0 Å². The Morgan fingerprint density at radius 2 is 2.18 bits per heavy atom.